The van der Waals surface area contributed by atoms with Crippen LogP contribution in [0.3, 0.4) is 0 Å². The molecule has 3 N–H and O–H groups in total. The largest absolute Gasteiger partial charge is 0.491 e. The molecule has 128 valence electrons. The summed E-state index contributed by atoms with van der Waals surface area (Å²) in [7, 11) is 0. The van der Waals surface area contributed by atoms with Crippen molar-refractivity contribution >= 4 is 22.6 Å². The molecule has 3 heterocycles. The maximum atomic E-state index is 11.3. The van der Waals surface area contributed by atoms with Gasteiger partial charge in [0.1, 0.15) is 23.0 Å². The Labute approximate surface area is 144 Å². The molecule has 1 aliphatic heterocycles. The van der Waals surface area contributed by atoms with Crippen LogP contribution >= 0.6 is 0 Å². The summed E-state index contributed by atoms with van der Waals surface area (Å²) in [6, 6.07) is 9.11. The van der Waals surface area contributed by atoms with E-state index < -0.39 is 11.9 Å². The Morgan fingerprint density at radius 3 is 3.04 bits per heavy atom. The molecule has 1 atom stereocenters. The quantitative estimate of drug-likeness (QED) is 0.761. The summed E-state index contributed by atoms with van der Waals surface area (Å²) < 4.78 is 8.07. The highest BCUT2D eigenvalue weighted by atomic mass is 16.5. The van der Waals surface area contributed by atoms with E-state index in [-0.39, 0.29) is 0 Å². The fourth-order valence-electron chi connectivity index (χ4n) is 3.06. The lowest BCUT2D eigenvalue weighted by molar-refractivity contribution is -0.118. The van der Waals surface area contributed by atoms with E-state index in [0.29, 0.717) is 6.61 Å². The SMILES string of the molecule is C[C@H](Nc1cc2c3c(c1)nc(-c1ccccn1)n3CCCO2)C(N)=O. The van der Waals surface area contributed by atoms with E-state index in [9.17, 15) is 4.79 Å². The summed E-state index contributed by atoms with van der Waals surface area (Å²) in [5.41, 5.74) is 8.69. The van der Waals surface area contributed by atoms with Crippen LogP contribution in [0.4, 0.5) is 5.69 Å². The Balaban J connectivity index is 1.87. The number of aryl methyl sites for hydroxylation is 1. The minimum Gasteiger partial charge on any atom is -0.491 e. The molecular weight excluding hydrogens is 318 g/mol. The molecule has 0 aliphatic carbocycles. The number of ether oxygens (including phenoxy) is 1. The predicted octanol–water partition coefficient (Wildman–Crippen LogP) is 2.17. The molecule has 1 aliphatic rings. The van der Waals surface area contributed by atoms with Crippen LogP contribution in [0.1, 0.15) is 13.3 Å². The summed E-state index contributed by atoms with van der Waals surface area (Å²) in [6.07, 6.45) is 2.65. The van der Waals surface area contributed by atoms with Crippen molar-refractivity contribution in [2.45, 2.75) is 25.9 Å². The van der Waals surface area contributed by atoms with Gasteiger partial charge in [-0.1, -0.05) is 6.07 Å². The van der Waals surface area contributed by atoms with E-state index in [1.54, 1.807) is 13.1 Å². The van der Waals surface area contributed by atoms with Crippen LogP contribution in [0, 0.1) is 0 Å². The average molecular weight is 337 g/mol. The number of nitrogens with two attached hydrogens (primary N) is 1. The number of imidazole rings is 1. The van der Waals surface area contributed by atoms with Crippen molar-refractivity contribution in [2.24, 2.45) is 5.73 Å². The first-order chi connectivity index (χ1) is 12.1. The van der Waals surface area contributed by atoms with Crippen LogP contribution in [0.2, 0.25) is 0 Å². The number of carbonyl (C=O) groups excluding carboxylic acids is 1. The molecule has 1 aromatic carbocycles. The first-order valence-corrected chi connectivity index (χ1v) is 8.28. The van der Waals surface area contributed by atoms with Crippen molar-refractivity contribution in [1.82, 2.24) is 14.5 Å². The maximum Gasteiger partial charge on any atom is 0.239 e. The normalized spacial score (nSPS) is 14.6. The number of rotatable bonds is 4. The Kier molecular flexibility index (Phi) is 3.76. The van der Waals surface area contributed by atoms with Gasteiger partial charge in [0, 0.05) is 24.5 Å². The third-order valence-electron chi connectivity index (χ3n) is 4.29. The number of hydrogen-bond donors (Lipinski definition) is 2. The predicted molar refractivity (Wildman–Crippen MR) is 95.4 cm³/mol. The molecule has 0 spiro atoms. The standard InChI is InChI=1S/C18H19N5O2/c1-11(17(19)24)21-12-9-14-16-15(10-12)25-8-4-7-23(16)18(22-14)13-5-2-3-6-20-13/h2-3,5-6,9-11,21H,4,7-8H2,1H3,(H2,19,24)/t11-/m0/s1. The monoisotopic (exact) mass is 337 g/mol. The van der Waals surface area contributed by atoms with Crippen LogP contribution in [0.5, 0.6) is 5.75 Å². The van der Waals surface area contributed by atoms with E-state index in [4.69, 9.17) is 15.5 Å². The van der Waals surface area contributed by atoms with Crippen molar-refractivity contribution in [1.29, 1.82) is 0 Å². The first-order valence-electron chi connectivity index (χ1n) is 8.28. The van der Waals surface area contributed by atoms with Crippen LogP contribution < -0.4 is 15.8 Å². The molecule has 4 rings (SSSR count). The zero-order chi connectivity index (χ0) is 17.4. The number of benzene rings is 1. The number of primary amides is 1. The zero-order valence-electron chi connectivity index (χ0n) is 13.9. The molecule has 0 bridgehead atoms. The lowest BCUT2D eigenvalue weighted by atomic mass is 10.2. The third-order valence-corrected chi connectivity index (χ3v) is 4.29. The van der Waals surface area contributed by atoms with Gasteiger partial charge in [-0.3, -0.25) is 9.78 Å². The molecule has 0 saturated carbocycles. The number of aromatic nitrogens is 3. The Hall–Kier alpha value is -3.09. The highest BCUT2D eigenvalue weighted by Crippen LogP contribution is 2.35. The second kappa shape index (κ2) is 6.08. The van der Waals surface area contributed by atoms with Crippen molar-refractivity contribution < 1.29 is 9.53 Å². The highest BCUT2D eigenvalue weighted by molar-refractivity contribution is 5.90. The summed E-state index contributed by atoms with van der Waals surface area (Å²) in [4.78, 5) is 20.5. The van der Waals surface area contributed by atoms with Gasteiger partial charge < -0.3 is 20.4 Å². The van der Waals surface area contributed by atoms with E-state index >= 15 is 0 Å². The minimum absolute atomic E-state index is 0.411. The number of amides is 1. The van der Waals surface area contributed by atoms with E-state index in [2.05, 4.69) is 14.9 Å². The van der Waals surface area contributed by atoms with Crippen molar-refractivity contribution in [3.05, 3.63) is 36.5 Å². The van der Waals surface area contributed by atoms with Gasteiger partial charge >= 0.3 is 0 Å². The second-order valence-electron chi connectivity index (χ2n) is 6.11. The molecular formula is C18H19N5O2. The van der Waals surface area contributed by atoms with Gasteiger partial charge in [0.25, 0.3) is 0 Å². The minimum atomic E-state index is -0.479. The van der Waals surface area contributed by atoms with Crippen molar-refractivity contribution in [2.75, 3.05) is 11.9 Å². The molecule has 3 aromatic rings. The molecule has 0 saturated heterocycles. The molecule has 0 unspecified atom stereocenters. The fraction of sp³-hybridized carbons (Fsp3) is 0.278. The summed E-state index contributed by atoms with van der Waals surface area (Å²) >= 11 is 0. The van der Waals surface area contributed by atoms with Crippen molar-refractivity contribution in [3.63, 3.8) is 0 Å². The molecule has 7 nitrogen and oxygen atoms in total. The number of hydrogen-bond acceptors (Lipinski definition) is 5. The van der Waals surface area contributed by atoms with Gasteiger partial charge in [-0.05, 0) is 31.5 Å². The molecule has 0 fully saturated rings. The van der Waals surface area contributed by atoms with Gasteiger partial charge in [-0.2, -0.15) is 0 Å². The zero-order valence-corrected chi connectivity index (χ0v) is 13.9. The van der Waals surface area contributed by atoms with E-state index in [1.807, 2.05) is 30.3 Å². The Bertz CT molecular complexity index is 936. The molecule has 2 aromatic heterocycles. The van der Waals surface area contributed by atoms with E-state index in [1.165, 1.54) is 0 Å². The number of carbonyl (C=O) groups is 1. The van der Waals surface area contributed by atoms with Crippen LogP contribution in [-0.4, -0.2) is 33.1 Å². The number of anilines is 1. The van der Waals surface area contributed by atoms with Gasteiger partial charge in [0.2, 0.25) is 5.91 Å². The molecule has 7 heteroatoms. The lowest BCUT2D eigenvalue weighted by Gasteiger charge is -2.13. The molecule has 25 heavy (non-hydrogen) atoms. The van der Waals surface area contributed by atoms with Crippen molar-refractivity contribution in [3.8, 4) is 17.3 Å². The first kappa shape index (κ1) is 15.4. The number of pyridine rings is 1. The summed E-state index contributed by atoms with van der Waals surface area (Å²) in [5.74, 6) is 1.16. The third kappa shape index (κ3) is 2.77. The van der Waals surface area contributed by atoms with Gasteiger partial charge in [-0.25, -0.2) is 4.98 Å². The van der Waals surface area contributed by atoms with Crippen LogP contribution in [0.25, 0.3) is 22.6 Å². The summed E-state index contributed by atoms with van der Waals surface area (Å²) in [5, 5.41) is 3.10. The van der Waals surface area contributed by atoms with Gasteiger partial charge in [-0.15, -0.1) is 0 Å². The van der Waals surface area contributed by atoms with E-state index in [0.717, 1.165) is 47.0 Å². The maximum absolute atomic E-state index is 11.3. The lowest BCUT2D eigenvalue weighted by Crippen LogP contribution is -2.32. The topological polar surface area (TPSA) is 95.1 Å². The van der Waals surface area contributed by atoms with Gasteiger partial charge in [0.15, 0.2) is 5.82 Å². The van der Waals surface area contributed by atoms with Crippen LogP contribution in [-0.2, 0) is 11.3 Å². The van der Waals surface area contributed by atoms with Gasteiger partial charge in [0.05, 0.1) is 12.1 Å². The fourth-order valence-corrected chi connectivity index (χ4v) is 3.06. The second-order valence-corrected chi connectivity index (χ2v) is 6.11. The highest BCUT2D eigenvalue weighted by Gasteiger charge is 2.21. The number of nitrogens with zero attached hydrogens (tertiary/aromatic N) is 3. The molecule has 1 amide bonds. The Morgan fingerprint density at radius 2 is 2.28 bits per heavy atom. The van der Waals surface area contributed by atoms with Crippen LogP contribution in [0.15, 0.2) is 36.5 Å². The Morgan fingerprint density at radius 1 is 1.40 bits per heavy atom. The molecule has 0 radical (unpaired) electrons. The average Bonchev–Trinajstić information content (AvgIpc) is 2.83. The smallest absolute Gasteiger partial charge is 0.239 e. The summed E-state index contributed by atoms with van der Waals surface area (Å²) in [6.45, 7) is 3.18. The number of nitrogens with one attached hydrogen (secondary N) is 1.